The molecule has 0 amide bonds. The van der Waals surface area contributed by atoms with Crippen LogP contribution >= 0.6 is 15.9 Å². The zero-order chi connectivity index (χ0) is 14.4. The Hall–Kier alpha value is -2.12. The maximum absolute atomic E-state index is 9.43. The molecular weight excluding hydrogens is 318 g/mol. The minimum atomic E-state index is 0.230. The van der Waals surface area contributed by atoms with E-state index in [0.29, 0.717) is 6.54 Å². The maximum atomic E-state index is 9.43. The molecule has 0 aliphatic heterocycles. The number of phenolic OH excluding ortho intramolecular Hbond substituents is 1. The predicted molar refractivity (Wildman–Crippen MR) is 83.9 cm³/mol. The first kappa shape index (κ1) is 14.3. The van der Waals surface area contributed by atoms with Crippen molar-refractivity contribution in [3.05, 3.63) is 52.5 Å². The van der Waals surface area contributed by atoms with Gasteiger partial charge < -0.3 is 15.2 Å². The number of halogens is 1. The zero-order valence-electron chi connectivity index (χ0n) is 10.8. The molecule has 0 atom stereocenters. The van der Waals surface area contributed by atoms with Crippen LogP contribution in [0.15, 0.2) is 46.9 Å². The third-order valence-electron chi connectivity index (χ3n) is 2.66. The third kappa shape index (κ3) is 3.94. The Morgan fingerprint density at radius 3 is 2.85 bits per heavy atom. The van der Waals surface area contributed by atoms with Gasteiger partial charge in [0, 0.05) is 28.3 Å². The van der Waals surface area contributed by atoms with Crippen molar-refractivity contribution in [2.45, 2.75) is 6.54 Å². The first-order chi connectivity index (χ1) is 9.69. The molecule has 2 rings (SSSR count). The Morgan fingerprint density at radius 2 is 2.10 bits per heavy atom. The number of aromatic hydroxyl groups is 1. The average Bonchev–Trinajstić information content (AvgIpc) is 2.44. The first-order valence-electron chi connectivity index (χ1n) is 6.06. The second-order valence-electron chi connectivity index (χ2n) is 4.15. The van der Waals surface area contributed by atoms with E-state index >= 15 is 0 Å². The van der Waals surface area contributed by atoms with Gasteiger partial charge in [0.1, 0.15) is 18.1 Å². The number of hydrogen-bond donors (Lipinski definition) is 2. The van der Waals surface area contributed by atoms with Gasteiger partial charge >= 0.3 is 0 Å². The molecule has 0 radical (unpaired) electrons. The van der Waals surface area contributed by atoms with Gasteiger partial charge in [0.2, 0.25) is 0 Å². The van der Waals surface area contributed by atoms with Gasteiger partial charge in [-0.3, -0.25) is 0 Å². The molecular formula is C16H14BrNO2. The van der Waals surface area contributed by atoms with Crippen molar-refractivity contribution in [3.63, 3.8) is 0 Å². The summed E-state index contributed by atoms with van der Waals surface area (Å²) < 4.78 is 6.48. The summed E-state index contributed by atoms with van der Waals surface area (Å²) in [6, 6.07) is 12.7. The van der Waals surface area contributed by atoms with E-state index in [2.05, 4.69) is 27.2 Å². The van der Waals surface area contributed by atoms with Crippen LogP contribution in [0.2, 0.25) is 0 Å². The highest BCUT2D eigenvalue weighted by atomic mass is 79.9. The Labute approximate surface area is 126 Å². The minimum absolute atomic E-state index is 0.230. The Morgan fingerprint density at radius 1 is 1.25 bits per heavy atom. The van der Waals surface area contributed by atoms with Crippen molar-refractivity contribution >= 4 is 21.6 Å². The van der Waals surface area contributed by atoms with Gasteiger partial charge in [0.15, 0.2) is 0 Å². The lowest BCUT2D eigenvalue weighted by Crippen LogP contribution is -2.03. The Bertz CT molecular complexity index is 635. The van der Waals surface area contributed by atoms with E-state index in [1.165, 1.54) is 0 Å². The zero-order valence-corrected chi connectivity index (χ0v) is 12.4. The van der Waals surface area contributed by atoms with Crippen molar-refractivity contribution in [2.75, 3.05) is 11.9 Å². The summed E-state index contributed by atoms with van der Waals surface area (Å²) in [4.78, 5) is 0. The summed E-state index contributed by atoms with van der Waals surface area (Å²) in [5, 5.41) is 12.7. The molecule has 0 fully saturated rings. The van der Waals surface area contributed by atoms with Crippen LogP contribution in [0.3, 0.4) is 0 Å². The molecule has 2 aromatic carbocycles. The van der Waals surface area contributed by atoms with Gasteiger partial charge in [0.05, 0.1) is 0 Å². The number of terminal acetylenes is 1. The van der Waals surface area contributed by atoms with E-state index in [9.17, 15) is 5.11 Å². The second-order valence-corrected chi connectivity index (χ2v) is 5.06. The van der Waals surface area contributed by atoms with Crippen LogP contribution in [0.5, 0.6) is 11.5 Å². The summed E-state index contributed by atoms with van der Waals surface area (Å²) in [5.74, 6) is 3.43. The fourth-order valence-electron chi connectivity index (χ4n) is 1.76. The molecule has 0 aliphatic carbocycles. The molecule has 2 aromatic rings. The predicted octanol–water partition coefficient (Wildman–Crippen LogP) is 3.78. The van der Waals surface area contributed by atoms with Gasteiger partial charge in [-0.25, -0.2) is 0 Å². The third-order valence-corrected chi connectivity index (χ3v) is 3.16. The summed E-state index contributed by atoms with van der Waals surface area (Å²) in [6.07, 6.45) is 5.21. The lowest BCUT2D eigenvalue weighted by Gasteiger charge is -2.12. The molecule has 0 heterocycles. The first-order valence-corrected chi connectivity index (χ1v) is 6.86. The van der Waals surface area contributed by atoms with Crippen molar-refractivity contribution in [1.82, 2.24) is 0 Å². The Kier molecular flexibility index (Phi) is 4.91. The molecule has 0 aromatic heterocycles. The monoisotopic (exact) mass is 331 g/mol. The molecule has 0 aliphatic rings. The number of nitrogens with one attached hydrogen (secondary N) is 1. The van der Waals surface area contributed by atoms with E-state index in [0.717, 1.165) is 21.5 Å². The normalized spacial score (nSPS) is 9.80. The second kappa shape index (κ2) is 6.88. The van der Waals surface area contributed by atoms with Crippen molar-refractivity contribution in [2.24, 2.45) is 0 Å². The minimum Gasteiger partial charge on any atom is -0.508 e. The standard InChI is InChI=1S/C16H14BrNO2/c1-2-8-20-16-7-6-13(17)9-12(16)11-18-14-4-3-5-15(19)10-14/h1,3-7,9-10,18-19H,8,11H2. The smallest absolute Gasteiger partial charge is 0.148 e. The summed E-state index contributed by atoms with van der Waals surface area (Å²) in [7, 11) is 0. The van der Waals surface area contributed by atoms with Crippen LogP contribution in [0, 0.1) is 12.3 Å². The number of rotatable bonds is 5. The lowest BCUT2D eigenvalue weighted by molar-refractivity contribution is 0.366. The van der Waals surface area contributed by atoms with Crippen molar-refractivity contribution in [3.8, 4) is 23.8 Å². The molecule has 0 saturated carbocycles. The highest BCUT2D eigenvalue weighted by molar-refractivity contribution is 9.10. The van der Waals surface area contributed by atoms with Crippen LogP contribution in [0.1, 0.15) is 5.56 Å². The van der Waals surface area contributed by atoms with Crippen molar-refractivity contribution < 1.29 is 9.84 Å². The van der Waals surface area contributed by atoms with Crippen LogP contribution in [0.25, 0.3) is 0 Å². The van der Waals surface area contributed by atoms with E-state index in [-0.39, 0.29) is 12.4 Å². The topological polar surface area (TPSA) is 41.5 Å². The van der Waals surface area contributed by atoms with Gasteiger partial charge in [-0.2, -0.15) is 0 Å². The number of benzene rings is 2. The van der Waals surface area contributed by atoms with Crippen LogP contribution in [-0.4, -0.2) is 11.7 Å². The molecule has 0 bridgehead atoms. The van der Waals surface area contributed by atoms with Gasteiger partial charge in [-0.05, 0) is 30.3 Å². The molecule has 20 heavy (non-hydrogen) atoms. The number of ether oxygens (including phenoxy) is 1. The van der Waals surface area contributed by atoms with Crippen LogP contribution in [-0.2, 0) is 6.54 Å². The summed E-state index contributed by atoms with van der Waals surface area (Å²) in [6.45, 7) is 0.809. The highest BCUT2D eigenvalue weighted by Gasteiger charge is 2.05. The molecule has 0 spiro atoms. The van der Waals surface area contributed by atoms with Gasteiger partial charge in [-0.1, -0.05) is 27.9 Å². The quantitative estimate of drug-likeness (QED) is 0.819. The molecule has 102 valence electrons. The number of hydrogen-bond acceptors (Lipinski definition) is 3. The Balaban J connectivity index is 2.11. The molecule has 2 N–H and O–H groups in total. The fraction of sp³-hybridized carbons (Fsp3) is 0.125. The van der Waals surface area contributed by atoms with E-state index in [4.69, 9.17) is 11.2 Å². The SMILES string of the molecule is C#CCOc1ccc(Br)cc1CNc1cccc(O)c1. The number of phenols is 1. The molecule has 0 unspecified atom stereocenters. The van der Waals surface area contributed by atoms with E-state index in [1.54, 1.807) is 18.2 Å². The number of anilines is 1. The fourth-order valence-corrected chi connectivity index (χ4v) is 2.17. The van der Waals surface area contributed by atoms with Gasteiger partial charge in [0.25, 0.3) is 0 Å². The van der Waals surface area contributed by atoms with Crippen LogP contribution in [0.4, 0.5) is 5.69 Å². The van der Waals surface area contributed by atoms with Crippen LogP contribution < -0.4 is 10.1 Å². The maximum Gasteiger partial charge on any atom is 0.148 e. The van der Waals surface area contributed by atoms with Crippen molar-refractivity contribution in [1.29, 1.82) is 0 Å². The lowest BCUT2D eigenvalue weighted by atomic mass is 10.2. The van der Waals surface area contributed by atoms with E-state index < -0.39 is 0 Å². The molecule has 0 saturated heterocycles. The largest absolute Gasteiger partial charge is 0.508 e. The molecule has 3 nitrogen and oxygen atoms in total. The highest BCUT2D eigenvalue weighted by Crippen LogP contribution is 2.25. The molecule has 4 heteroatoms. The summed E-state index contributed by atoms with van der Waals surface area (Å²) in [5.41, 5.74) is 1.82. The average molecular weight is 332 g/mol. The van der Waals surface area contributed by atoms with Gasteiger partial charge in [-0.15, -0.1) is 6.42 Å². The van der Waals surface area contributed by atoms with E-state index in [1.807, 2.05) is 24.3 Å². The summed E-state index contributed by atoms with van der Waals surface area (Å²) >= 11 is 3.44.